The van der Waals surface area contributed by atoms with Gasteiger partial charge in [0.1, 0.15) is 0 Å². The average molecular weight is 286 g/mol. The SMILES string of the molecule is FCCCN1CC=C(c2cnn(-c3ccccn3)c2)CC1. The van der Waals surface area contributed by atoms with Gasteiger partial charge in [0, 0.05) is 37.6 Å². The molecule has 0 radical (unpaired) electrons. The van der Waals surface area contributed by atoms with E-state index in [-0.39, 0.29) is 6.67 Å². The van der Waals surface area contributed by atoms with Gasteiger partial charge in [-0.2, -0.15) is 5.10 Å². The number of pyridine rings is 1. The second kappa shape index (κ2) is 6.63. The van der Waals surface area contributed by atoms with Crippen LogP contribution in [0.3, 0.4) is 0 Å². The summed E-state index contributed by atoms with van der Waals surface area (Å²) in [5.74, 6) is 0.824. The highest BCUT2D eigenvalue weighted by Crippen LogP contribution is 2.22. The smallest absolute Gasteiger partial charge is 0.153 e. The summed E-state index contributed by atoms with van der Waals surface area (Å²) >= 11 is 0. The standard InChI is InChI=1S/C16H19FN4/c17-7-3-9-20-10-5-14(6-11-20)15-12-19-21(13-15)16-4-1-2-8-18-16/h1-2,4-5,8,12-13H,3,6-7,9-11H2. The molecule has 0 fully saturated rings. The lowest BCUT2D eigenvalue weighted by molar-refractivity contribution is 0.283. The van der Waals surface area contributed by atoms with Crippen LogP contribution in [0.25, 0.3) is 11.4 Å². The van der Waals surface area contributed by atoms with E-state index in [0.29, 0.717) is 6.42 Å². The lowest BCUT2D eigenvalue weighted by atomic mass is 10.0. The molecule has 0 spiro atoms. The van der Waals surface area contributed by atoms with Gasteiger partial charge in [0.15, 0.2) is 5.82 Å². The van der Waals surface area contributed by atoms with E-state index in [2.05, 4.69) is 21.1 Å². The van der Waals surface area contributed by atoms with E-state index >= 15 is 0 Å². The van der Waals surface area contributed by atoms with E-state index in [1.807, 2.05) is 30.6 Å². The Hall–Kier alpha value is -2.01. The van der Waals surface area contributed by atoms with Crippen LogP contribution in [-0.2, 0) is 0 Å². The minimum Gasteiger partial charge on any atom is -0.299 e. The Morgan fingerprint density at radius 3 is 2.95 bits per heavy atom. The van der Waals surface area contributed by atoms with Crippen molar-refractivity contribution in [3.8, 4) is 5.82 Å². The summed E-state index contributed by atoms with van der Waals surface area (Å²) in [7, 11) is 0. The number of hydrogen-bond donors (Lipinski definition) is 0. The van der Waals surface area contributed by atoms with Crippen LogP contribution in [0.15, 0.2) is 42.9 Å². The second-order valence-electron chi connectivity index (χ2n) is 5.18. The largest absolute Gasteiger partial charge is 0.299 e. The molecule has 0 atom stereocenters. The Labute approximate surface area is 123 Å². The normalized spacial score (nSPS) is 16.0. The zero-order valence-corrected chi connectivity index (χ0v) is 12.0. The summed E-state index contributed by atoms with van der Waals surface area (Å²) in [6.07, 6.45) is 9.50. The van der Waals surface area contributed by atoms with Gasteiger partial charge in [0.25, 0.3) is 0 Å². The topological polar surface area (TPSA) is 34.0 Å². The van der Waals surface area contributed by atoms with Crippen LogP contribution in [-0.4, -0.2) is 46.0 Å². The molecular formula is C16H19FN4. The first-order chi connectivity index (χ1) is 10.4. The van der Waals surface area contributed by atoms with Crippen molar-refractivity contribution >= 4 is 5.57 Å². The molecular weight excluding hydrogens is 267 g/mol. The van der Waals surface area contributed by atoms with Crippen molar-refractivity contribution in [2.45, 2.75) is 12.8 Å². The molecule has 0 unspecified atom stereocenters. The third-order valence-electron chi connectivity index (χ3n) is 3.74. The maximum absolute atomic E-state index is 12.2. The van der Waals surface area contributed by atoms with Crippen molar-refractivity contribution in [2.75, 3.05) is 26.3 Å². The molecule has 0 saturated heterocycles. The summed E-state index contributed by atoms with van der Waals surface area (Å²) in [4.78, 5) is 6.57. The highest BCUT2D eigenvalue weighted by molar-refractivity contribution is 5.65. The van der Waals surface area contributed by atoms with Crippen LogP contribution >= 0.6 is 0 Å². The summed E-state index contributed by atoms with van der Waals surface area (Å²) in [5, 5.41) is 4.38. The molecule has 3 heterocycles. The van der Waals surface area contributed by atoms with Crippen molar-refractivity contribution in [2.24, 2.45) is 0 Å². The van der Waals surface area contributed by atoms with Gasteiger partial charge in [-0.1, -0.05) is 12.1 Å². The average Bonchev–Trinajstić information content (AvgIpc) is 3.04. The minimum atomic E-state index is -0.232. The van der Waals surface area contributed by atoms with E-state index in [9.17, 15) is 4.39 Å². The quantitative estimate of drug-likeness (QED) is 0.847. The van der Waals surface area contributed by atoms with E-state index in [1.54, 1.807) is 10.9 Å². The number of rotatable bonds is 5. The first-order valence-electron chi connectivity index (χ1n) is 7.30. The Balaban J connectivity index is 1.69. The van der Waals surface area contributed by atoms with Gasteiger partial charge in [-0.15, -0.1) is 0 Å². The highest BCUT2D eigenvalue weighted by atomic mass is 19.1. The molecule has 5 heteroatoms. The number of halogens is 1. The Bertz CT molecular complexity index is 606. The van der Waals surface area contributed by atoms with E-state index < -0.39 is 0 Å². The molecule has 2 aromatic heterocycles. The van der Waals surface area contributed by atoms with Gasteiger partial charge in [-0.05, 0) is 30.5 Å². The lowest BCUT2D eigenvalue weighted by Gasteiger charge is -2.25. The first kappa shape index (κ1) is 13.9. The van der Waals surface area contributed by atoms with E-state index in [4.69, 9.17) is 0 Å². The van der Waals surface area contributed by atoms with Crippen LogP contribution in [0, 0.1) is 0 Å². The first-order valence-corrected chi connectivity index (χ1v) is 7.30. The number of alkyl halides is 1. The molecule has 3 rings (SSSR count). The monoisotopic (exact) mass is 286 g/mol. The Morgan fingerprint density at radius 2 is 2.24 bits per heavy atom. The molecule has 0 aromatic carbocycles. The Kier molecular flexibility index (Phi) is 4.40. The molecule has 0 N–H and O–H groups in total. The van der Waals surface area contributed by atoms with Crippen LogP contribution in [0.4, 0.5) is 4.39 Å². The fourth-order valence-electron chi connectivity index (χ4n) is 2.56. The molecule has 2 aromatic rings. The lowest BCUT2D eigenvalue weighted by Crippen LogP contribution is -2.29. The van der Waals surface area contributed by atoms with Gasteiger partial charge in [-0.25, -0.2) is 9.67 Å². The molecule has 0 aliphatic carbocycles. The molecule has 110 valence electrons. The molecule has 0 bridgehead atoms. The maximum Gasteiger partial charge on any atom is 0.153 e. The van der Waals surface area contributed by atoms with Crippen LogP contribution in [0.1, 0.15) is 18.4 Å². The minimum absolute atomic E-state index is 0.232. The third kappa shape index (κ3) is 3.36. The summed E-state index contributed by atoms with van der Waals surface area (Å²) in [6.45, 7) is 2.49. The number of hydrogen-bond acceptors (Lipinski definition) is 3. The highest BCUT2D eigenvalue weighted by Gasteiger charge is 2.14. The van der Waals surface area contributed by atoms with Crippen LogP contribution < -0.4 is 0 Å². The van der Waals surface area contributed by atoms with Gasteiger partial charge in [0.05, 0.1) is 12.9 Å². The molecule has 4 nitrogen and oxygen atoms in total. The van der Waals surface area contributed by atoms with E-state index in [0.717, 1.165) is 37.4 Å². The number of aromatic nitrogens is 3. The van der Waals surface area contributed by atoms with Gasteiger partial charge in [0.2, 0.25) is 0 Å². The molecule has 0 saturated carbocycles. The molecule has 21 heavy (non-hydrogen) atoms. The molecule has 0 amide bonds. The zero-order valence-electron chi connectivity index (χ0n) is 12.0. The van der Waals surface area contributed by atoms with Crippen molar-refractivity contribution in [1.82, 2.24) is 19.7 Å². The third-order valence-corrected chi connectivity index (χ3v) is 3.74. The summed E-state index contributed by atoms with van der Waals surface area (Å²) in [5.41, 5.74) is 2.46. The fourth-order valence-corrected chi connectivity index (χ4v) is 2.56. The van der Waals surface area contributed by atoms with Gasteiger partial charge in [-0.3, -0.25) is 9.29 Å². The van der Waals surface area contributed by atoms with Crippen molar-refractivity contribution in [1.29, 1.82) is 0 Å². The van der Waals surface area contributed by atoms with Crippen LogP contribution in [0.2, 0.25) is 0 Å². The molecule has 1 aliphatic heterocycles. The number of nitrogens with zero attached hydrogens (tertiary/aromatic N) is 4. The summed E-state index contributed by atoms with van der Waals surface area (Å²) < 4.78 is 14.0. The Morgan fingerprint density at radius 1 is 1.29 bits per heavy atom. The maximum atomic E-state index is 12.2. The second-order valence-corrected chi connectivity index (χ2v) is 5.18. The van der Waals surface area contributed by atoms with Crippen molar-refractivity contribution < 1.29 is 4.39 Å². The van der Waals surface area contributed by atoms with E-state index in [1.165, 1.54) is 5.57 Å². The van der Waals surface area contributed by atoms with Gasteiger partial charge >= 0.3 is 0 Å². The zero-order chi connectivity index (χ0) is 14.5. The fraction of sp³-hybridized carbons (Fsp3) is 0.375. The predicted octanol–water partition coefficient (Wildman–Crippen LogP) is 2.72. The van der Waals surface area contributed by atoms with Gasteiger partial charge < -0.3 is 0 Å². The summed E-state index contributed by atoms with van der Waals surface area (Å²) in [6, 6.07) is 5.78. The molecule has 1 aliphatic rings. The van der Waals surface area contributed by atoms with Crippen molar-refractivity contribution in [3.05, 3.63) is 48.4 Å². The predicted molar refractivity (Wildman–Crippen MR) is 81.0 cm³/mol. The van der Waals surface area contributed by atoms with Crippen molar-refractivity contribution in [3.63, 3.8) is 0 Å². The van der Waals surface area contributed by atoms with Crippen LogP contribution in [0.5, 0.6) is 0 Å².